The molecule has 0 unspecified atom stereocenters. The molecule has 132 valence electrons. The van der Waals surface area contributed by atoms with E-state index in [1.165, 1.54) is 6.20 Å². The Hall–Kier alpha value is -1.76. The molecule has 1 aliphatic rings. The second kappa shape index (κ2) is 7.64. The second-order valence-corrected chi connectivity index (χ2v) is 6.84. The molecule has 3 rings (SSSR count). The van der Waals surface area contributed by atoms with E-state index in [9.17, 15) is 9.59 Å². The van der Waals surface area contributed by atoms with Gasteiger partial charge < -0.3 is 9.80 Å². The summed E-state index contributed by atoms with van der Waals surface area (Å²) in [6.45, 7) is 2.33. The number of piperazine rings is 1. The van der Waals surface area contributed by atoms with E-state index in [1.54, 1.807) is 4.90 Å². The molecule has 25 heavy (non-hydrogen) atoms. The maximum absolute atomic E-state index is 12.4. The molecule has 1 aliphatic heterocycles. The van der Waals surface area contributed by atoms with Crippen molar-refractivity contribution in [2.45, 2.75) is 6.54 Å². The van der Waals surface area contributed by atoms with Crippen LogP contribution >= 0.6 is 34.8 Å². The largest absolute Gasteiger partial charge is 0.368 e. The van der Waals surface area contributed by atoms with Crippen molar-refractivity contribution in [1.29, 1.82) is 0 Å². The van der Waals surface area contributed by atoms with Gasteiger partial charge in [-0.1, -0.05) is 40.9 Å². The van der Waals surface area contributed by atoms with E-state index in [0.717, 1.165) is 10.4 Å². The van der Waals surface area contributed by atoms with E-state index in [4.69, 9.17) is 34.8 Å². The Kier molecular flexibility index (Phi) is 5.51. The lowest BCUT2D eigenvalue weighted by Gasteiger charge is -2.36. The van der Waals surface area contributed by atoms with Crippen molar-refractivity contribution in [3.05, 3.63) is 55.9 Å². The zero-order valence-electron chi connectivity index (χ0n) is 13.2. The SMILES string of the molecule is O=C(Cn1ncc(Cl)c(Cl)c1=O)N1CCN(c2cccc(Cl)c2)CC1. The van der Waals surface area contributed by atoms with Crippen LogP contribution in [0.2, 0.25) is 15.1 Å². The number of aromatic nitrogens is 2. The molecule has 1 saturated heterocycles. The minimum atomic E-state index is -0.569. The highest BCUT2D eigenvalue weighted by atomic mass is 35.5. The van der Waals surface area contributed by atoms with Crippen LogP contribution in [0.3, 0.4) is 0 Å². The Morgan fingerprint density at radius 2 is 1.84 bits per heavy atom. The molecule has 9 heteroatoms. The number of rotatable bonds is 3. The number of hydrogen-bond acceptors (Lipinski definition) is 4. The molecule has 0 saturated carbocycles. The van der Waals surface area contributed by atoms with Crippen molar-refractivity contribution < 1.29 is 4.79 Å². The van der Waals surface area contributed by atoms with E-state index >= 15 is 0 Å². The molecule has 0 N–H and O–H groups in total. The van der Waals surface area contributed by atoms with Gasteiger partial charge >= 0.3 is 0 Å². The maximum Gasteiger partial charge on any atom is 0.287 e. The molecule has 0 bridgehead atoms. The highest BCUT2D eigenvalue weighted by molar-refractivity contribution is 6.41. The summed E-state index contributed by atoms with van der Waals surface area (Å²) in [6, 6.07) is 7.62. The van der Waals surface area contributed by atoms with E-state index in [2.05, 4.69) is 10.00 Å². The van der Waals surface area contributed by atoms with Gasteiger partial charge in [0.05, 0.1) is 11.2 Å². The normalized spacial score (nSPS) is 14.7. The van der Waals surface area contributed by atoms with Gasteiger partial charge in [0.15, 0.2) is 0 Å². The molecule has 1 aromatic heterocycles. The third kappa shape index (κ3) is 4.08. The summed E-state index contributed by atoms with van der Waals surface area (Å²) in [6.07, 6.45) is 1.26. The first kappa shape index (κ1) is 18.0. The number of benzene rings is 1. The Balaban J connectivity index is 1.62. The predicted molar refractivity (Wildman–Crippen MR) is 98.8 cm³/mol. The average molecular weight is 402 g/mol. The smallest absolute Gasteiger partial charge is 0.287 e. The minimum Gasteiger partial charge on any atom is -0.368 e. The van der Waals surface area contributed by atoms with Gasteiger partial charge in [0.1, 0.15) is 11.6 Å². The third-order valence-electron chi connectivity index (χ3n) is 4.03. The van der Waals surface area contributed by atoms with Crippen LogP contribution in [-0.4, -0.2) is 46.8 Å². The first-order valence-electron chi connectivity index (χ1n) is 7.65. The molecule has 1 fully saturated rings. The first-order chi connectivity index (χ1) is 12.0. The zero-order valence-corrected chi connectivity index (χ0v) is 15.4. The topological polar surface area (TPSA) is 58.4 Å². The minimum absolute atomic E-state index is 0.0745. The van der Waals surface area contributed by atoms with Gasteiger partial charge in [0.25, 0.3) is 5.56 Å². The van der Waals surface area contributed by atoms with E-state index in [1.807, 2.05) is 24.3 Å². The summed E-state index contributed by atoms with van der Waals surface area (Å²) in [5, 5.41) is 4.49. The van der Waals surface area contributed by atoms with Gasteiger partial charge in [-0.05, 0) is 18.2 Å². The quantitative estimate of drug-likeness (QED) is 0.793. The van der Waals surface area contributed by atoms with Crippen molar-refractivity contribution in [2.75, 3.05) is 31.1 Å². The molecule has 0 radical (unpaired) electrons. The molecular formula is C16H15Cl3N4O2. The van der Waals surface area contributed by atoms with Crippen molar-refractivity contribution in [3.63, 3.8) is 0 Å². The van der Waals surface area contributed by atoms with Crippen molar-refractivity contribution in [3.8, 4) is 0 Å². The van der Waals surface area contributed by atoms with Crippen molar-refractivity contribution in [2.24, 2.45) is 0 Å². The summed E-state index contributed by atoms with van der Waals surface area (Å²) in [5.74, 6) is -0.182. The van der Waals surface area contributed by atoms with Gasteiger partial charge in [0.2, 0.25) is 5.91 Å². The second-order valence-electron chi connectivity index (χ2n) is 5.62. The monoisotopic (exact) mass is 400 g/mol. The number of nitrogens with zero attached hydrogens (tertiary/aromatic N) is 4. The van der Waals surface area contributed by atoms with Gasteiger partial charge in [-0.3, -0.25) is 9.59 Å². The van der Waals surface area contributed by atoms with Gasteiger partial charge in [-0.15, -0.1) is 0 Å². The Morgan fingerprint density at radius 3 is 2.52 bits per heavy atom. The van der Waals surface area contributed by atoms with Crippen LogP contribution in [0, 0.1) is 0 Å². The first-order valence-corrected chi connectivity index (χ1v) is 8.78. The standard InChI is InChI=1S/C16H15Cl3N4O2/c17-11-2-1-3-12(8-11)21-4-6-22(7-5-21)14(24)10-23-16(25)15(19)13(18)9-20-23/h1-3,8-9H,4-7,10H2. The molecule has 2 aromatic rings. The number of carbonyl (C=O) groups excluding carboxylic acids is 1. The molecule has 0 aliphatic carbocycles. The lowest BCUT2D eigenvalue weighted by molar-refractivity contribution is -0.132. The van der Waals surface area contributed by atoms with Crippen LogP contribution in [0.5, 0.6) is 0 Å². The van der Waals surface area contributed by atoms with Crippen LogP contribution in [0.15, 0.2) is 35.3 Å². The number of halogens is 3. The highest BCUT2D eigenvalue weighted by Crippen LogP contribution is 2.21. The van der Waals surface area contributed by atoms with E-state index in [0.29, 0.717) is 31.2 Å². The number of anilines is 1. The number of hydrogen-bond donors (Lipinski definition) is 0. The fraction of sp³-hybridized carbons (Fsp3) is 0.312. The van der Waals surface area contributed by atoms with Crippen molar-refractivity contribution in [1.82, 2.24) is 14.7 Å². The van der Waals surface area contributed by atoms with Crippen LogP contribution in [0.1, 0.15) is 0 Å². The fourth-order valence-corrected chi connectivity index (χ4v) is 3.13. The van der Waals surface area contributed by atoms with E-state index in [-0.39, 0.29) is 22.5 Å². The van der Waals surface area contributed by atoms with Gasteiger partial charge in [-0.25, -0.2) is 4.68 Å². The summed E-state index contributed by atoms with van der Waals surface area (Å²) in [4.78, 5) is 28.3. The van der Waals surface area contributed by atoms with E-state index < -0.39 is 5.56 Å². The molecule has 2 heterocycles. The summed E-state index contributed by atoms with van der Waals surface area (Å²) in [7, 11) is 0. The lowest BCUT2D eigenvalue weighted by Crippen LogP contribution is -2.50. The summed E-state index contributed by atoms with van der Waals surface area (Å²) in [5.41, 5.74) is 0.460. The average Bonchev–Trinajstić information content (AvgIpc) is 2.62. The van der Waals surface area contributed by atoms with Crippen LogP contribution in [-0.2, 0) is 11.3 Å². The molecular weight excluding hydrogens is 387 g/mol. The molecule has 6 nitrogen and oxygen atoms in total. The molecule has 0 atom stereocenters. The number of amides is 1. The Labute approximate surface area is 159 Å². The fourth-order valence-electron chi connectivity index (χ4n) is 2.67. The number of carbonyl (C=O) groups is 1. The molecule has 1 amide bonds. The molecule has 0 spiro atoms. The molecule has 1 aromatic carbocycles. The predicted octanol–water partition coefficient (Wildman–Crippen LogP) is 2.55. The van der Waals surface area contributed by atoms with Gasteiger partial charge in [-0.2, -0.15) is 5.10 Å². The maximum atomic E-state index is 12.4. The highest BCUT2D eigenvalue weighted by Gasteiger charge is 2.22. The van der Waals surface area contributed by atoms with Crippen molar-refractivity contribution >= 4 is 46.4 Å². The third-order valence-corrected chi connectivity index (χ3v) is 5.02. The van der Waals surface area contributed by atoms with Crippen LogP contribution < -0.4 is 10.5 Å². The van der Waals surface area contributed by atoms with Crippen LogP contribution in [0.25, 0.3) is 0 Å². The zero-order chi connectivity index (χ0) is 18.0. The summed E-state index contributed by atoms with van der Waals surface area (Å²) < 4.78 is 1.03. The summed E-state index contributed by atoms with van der Waals surface area (Å²) >= 11 is 17.6. The Morgan fingerprint density at radius 1 is 1.12 bits per heavy atom. The van der Waals surface area contributed by atoms with Crippen LogP contribution in [0.4, 0.5) is 5.69 Å². The van der Waals surface area contributed by atoms with Gasteiger partial charge in [0, 0.05) is 36.9 Å². The lowest BCUT2D eigenvalue weighted by atomic mass is 10.2. The Bertz CT molecular complexity index is 848.